The minimum absolute atomic E-state index is 0.148. The van der Waals surface area contributed by atoms with Gasteiger partial charge in [0.05, 0.1) is 24.8 Å². The van der Waals surface area contributed by atoms with Gasteiger partial charge in [0.2, 0.25) is 0 Å². The maximum atomic E-state index is 12.2. The van der Waals surface area contributed by atoms with Crippen molar-refractivity contribution in [2.75, 3.05) is 20.3 Å². The maximum Gasteiger partial charge on any atom is 0.269 e. The Morgan fingerprint density at radius 2 is 1.82 bits per heavy atom. The number of nitrogens with one attached hydrogen (secondary N) is 1. The van der Waals surface area contributed by atoms with Crippen molar-refractivity contribution in [2.45, 2.75) is 32.2 Å². The molecule has 2 aromatic heterocycles. The third-order valence-corrected chi connectivity index (χ3v) is 5.58. The fourth-order valence-corrected chi connectivity index (χ4v) is 3.85. The SMILES string of the molecule is COc1cccc(OCCCCn2c(CCCNC(=O)c3ccccn3)nc3ccccc32)c1. The molecule has 0 aliphatic heterocycles. The van der Waals surface area contributed by atoms with Crippen molar-refractivity contribution < 1.29 is 14.3 Å². The van der Waals surface area contributed by atoms with Gasteiger partial charge in [-0.2, -0.15) is 0 Å². The van der Waals surface area contributed by atoms with Crippen LogP contribution in [-0.2, 0) is 13.0 Å². The number of ether oxygens (including phenoxy) is 2. The van der Waals surface area contributed by atoms with E-state index >= 15 is 0 Å². The Balaban J connectivity index is 1.28. The number of nitrogens with zero attached hydrogens (tertiary/aromatic N) is 3. The Kier molecular flexibility index (Phi) is 8.11. The molecule has 0 aliphatic rings. The van der Waals surface area contributed by atoms with E-state index < -0.39 is 0 Å². The lowest BCUT2D eigenvalue weighted by atomic mass is 10.2. The average Bonchev–Trinajstić information content (AvgIpc) is 3.24. The molecule has 0 saturated heterocycles. The van der Waals surface area contributed by atoms with E-state index in [1.165, 1.54) is 0 Å². The number of imidazole rings is 1. The third kappa shape index (κ3) is 6.13. The predicted molar refractivity (Wildman–Crippen MR) is 132 cm³/mol. The van der Waals surface area contributed by atoms with Crippen LogP contribution in [0.25, 0.3) is 11.0 Å². The zero-order valence-electron chi connectivity index (χ0n) is 19.4. The van der Waals surface area contributed by atoms with Gasteiger partial charge in [0.15, 0.2) is 0 Å². The van der Waals surface area contributed by atoms with Crippen molar-refractivity contribution in [3.63, 3.8) is 0 Å². The summed E-state index contributed by atoms with van der Waals surface area (Å²) in [6.07, 6.45) is 5.13. The first-order valence-corrected chi connectivity index (χ1v) is 11.6. The lowest BCUT2D eigenvalue weighted by Gasteiger charge is -2.11. The molecular weight excluding hydrogens is 428 g/mol. The standard InChI is InChI=1S/C27H30N4O3/c1-33-21-10-8-11-22(20-21)34-19-7-6-18-31-25-14-3-2-12-23(25)30-26(31)15-9-17-29-27(32)24-13-4-5-16-28-24/h2-5,8,10-14,16,20H,6-7,9,15,17-19H2,1H3,(H,29,32). The fourth-order valence-electron chi connectivity index (χ4n) is 3.85. The molecule has 0 atom stereocenters. The van der Waals surface area contributed by atoms with Gasteiger partial charge in [-0.1, -0.05) is 24.3 Å². The topological polar surface area (TPSA) is 78.3 Å². The van der Waals surface area contributed by atoms with Crippen LogP contribution in [0.1, 0.15) is 35.6 Å². The number of unbranched alkanes of at least 4 members (excludes halogenated alkanes) is 1. The highest BCUT2D eigenvalue weighted by Crippen LogP contribution is 2.20. The van der Waals surface area contributed by atoms with E-state index in [1.54, 1.807) is 25.4 Å². The van der Waals surface area contributed by atoms with Crippen LogP contribution < -0.4 is 14.8 Å². The number of aromatic nitrogens is 3. The van der Waals surface area contributed by atoms with E-state index in [-0.39, 0.29) is 5.91 Å². The molecule has 7 nitrogen and oxygen atoms in total. The first kappa shape index (κ1) is 23.3. The molecule has 0 radical (unpaired) electrons. The van der Waals surface area contributed by atoms with Crippen LogP contribution in [0.4, 0.5) is 0 Å². The van der Waals surface area contributed by atoms with Gasteiger partial charge in [-0.25, -0.2) is 4.98 Å². The summed E-state index contributed by atoms with van der Waals surface area (Å²) >= 11 is 0. The lowest BCUT2D eigenvalue weighted by molar-refractivity contribution is 0.0948. The van der Waals surface area contributed by atoms with Gasteiger partial charge >= 0.3 is 0 Å². The van der Waals surface area contributed by atoms with Gasteiger partial charge in [-0.05, 0) is 55.7 Å². The monoisotopic (exact) mass is 458 g/mol. The van der Waals surface area contributed by atoms with E-state index in [2.05, 4.69) is 20.9 Å². The highest BCUT2D eigenvalue weighted by atomic mass is 16.5. The number of para-hydroxylation sites is 2. The number of benzene rings is 2. The van der Waals surface area contributed by atoms with Crippen molar-refractivity contribution >= 4 is 16.9 Å². The second-order valence-corrected chi connectivity index (χ2v) is 7.98. The fraction of sp³-hybridized carbons (Fsp3) is 0.296. The average molecular weight is 459 g/mol. The Hall–Kier alpha value is -3.87. The minimum atomic E-state index is -0.148. The van der Waals surface area contributed by atoms with Gasteiger partial charge in [-0.15, -0.1) is 0 Å². The molecule has 0 bridgehead atoms. The Bertz CT molecular complexity index is 1210. The van der Waals surface area contributed by atoms with Crippen LogP contribution in [0.5, 0.6) is 11.5 Å². The smallest absolute Gasteiger partial charge is 0.269 e. The summed E-state index contributed by atoms with van der Waals surface area (Å²) in [7, 11) is 1.65. The number of carbonyl (C=O) groups excluding carboxylic acids is 1. The van der Waals surface area contributed by atoms with E-state index in [0.717, 1.165) is 60.6 Å². The first-order chi connectivity index (χ1) is 16.7. The number of rotatable bonds is 12. The van der Waals surface area contributed by atoms with Crippen molar-refractivity contribution in [3.05, 3.63) is 84.4 Å². The zero-order valence-corrected chi connectivity index (χ0v) is 19.4. The zero-order chi connectivity index (χ0) is 23.6. The van der Waals surface area contributed by atoms with E-state index in [4.69, 9.17) is 14.5 Å². The first-order valence-electron chi connectivity index (χ1n) is 11.6. The molecule has 0 saturated carbocycles. The lowest BCUT2D eigenvalue weighted by Crippen LogP contribution is -2.25. The molecule has 2 heterocycles. The number of pyridine rings is 1. The van der Waals surface area contributed by atoms with Crippen LogP contribution in [0, 0.1) is 0 Å². The highest BCUT2D eigenvalue weighted by molar-refractivity contribution is 5.92. The summed E-state index contributed by atoms with van der Waals surface area (Å²) in [6.45, 7) is 2.10. The molecule has 2 aromatic carbocycles. The van der Waals surface area contributed by atoms with Crippen molar-refractivity contribution in [1.29, 1.82) is 0 Å². The molecular formula is C27H30N4O3. The number of carbonyl (C=O) groups is 1. The van der Waals surface area contributed by atoms with Gasteiger partial charge in [-0.3, -0.25) is 9.78 Å². The van der Waals surface area contributed by atoms with Gasteiger partial charge < -0.3 is 19.4 Å². The van der Waals surface area contributed by atoms with E-state index in [9.17, 15) is 4.79 Å². The second-order valence-electron chi connectivity index (χ2n) is 7.98. The van der Waals surface area contributed by atoms with Crippen molar-refractivity contribution in [2.24, 2.45) is 0 Å². The van der Waals surface area contributed by atoms with Gasteiger partial charge in [0, 0.05) is 31.8 Å². The molecule has 0 unspecified atom stereocenters. The molecule has 1 N–H and O–H groups in total. The molecule has 4 rings (SSSR count). The number of hydrogen-bond donors (Lipinski definition) is 1. The summed E-state index contributed by atoms with van der Waals surface area (Å²) in [5.74, 6) is 2.51. The van der Waals surface area contributed by atoms with Gasteiger partial charge in [0.25, 0.3) is 5.91 Å². The van der Waals surface area contributed by atoms with Crippen LogP contribution >= 0.6 is 0 Å². The molecule has 1 amide bonds. The largest absolute Gasteiger partial charge is 0.497 e. The van der Waals surface area contributed by atoms with Crippen LogP contribution in [0.15, 0.2) is 72.9 Å². The number of amides is 1. The molecule has 0 aliphatic carbocycles. The Morgan fingerprint density at radius 1 is 0.971 bits per heavy atom. The Morgan fingerprint density at radius 3 is 2.68 bits per heavy atom. The normalized spacial score (nSPS) is 10.9. The van der Waals surface area contributed by atoms with Crippen LogP contribution in [-0.4, -0.2) is 40.7 Å². The number of hydrogen-bond acceptors (Lipinski definition) is 5. The van der Waals surface area contributed by atoms with Crippen molar-refractivity contribution in [1.82, 2.24) is 19.9 Å². The summed E-state index contributed by atoms with van der Waals surface area (Å²) in [5.41, 5.74) is 2.58. The number of fused-ring (bicyclic) bond motifs is 1. The maximum absolute atomic E-state index is 12.2. The van der Waals surface area contributed by atoms with Crippen molar-refractivity contribution in [3.8, 4) is 11.5 Å². The second kappa shape index (κ2) is 11.8. The number of aryl methyl sites for hydroxylation is 2. The van der Waals surface area contributed by atoms with Gasteiger partial charge in [0.1, 0.15) is 23.0 Å². The summed E-state index contributed by atoms with van der Waals surface area (Å²) in [5, 5.41) is 2.94. The summed E-state index contributed by atoms with van der Waals surface area (Å²) < 4.78 is 13.4. The van der Waals surface area contributed by atoms with E-state index in [1.807, 2.05) is 48.5 Å². The number of methoxy groups -OCH3 is 1. The summed E-state index contributed by atoms with van der Waals surface area (Å²) in [6, 6.07) is 21.2. The highest BCUT2D eigenvalue weighted by Gasteiger charge is 2.11. The minimum Gasteiger partial charge on any atom is -0.497 e. The Labute approximate surface area is 199 Å². The van der Waals surface area contributed by atoms with Crippen LogP contribution in [0.3, 0.4) is 0 Å². The summed E-state index contributed by atoms with van der Waals surface area (Å²) in [4.78, 5) is 21.1. The molecule has 34 heavy (non-hydrogen) atoms. The molecule has 0 spiro atoms. The molecule has 4 aromatic rings. The quantitative estimate of drug-likeness (QED) is 0.312. The molecule has 176 valence electrons. The van der Waals surface area contributed by atoms with Crippen LogP contribution in [0.2, 0.25) is 0 Å². The predicted octanol–water partition coefficient (Wildman–Crippen LogP) is 4.66. The van der Waals surface area contributed by atoms with E-state index in [0.29, 0.717) is 18.8 Å². The molecule has 0 fully saturated rings. The molecule has 7 heteroatoms. The third-order valence-electron chi connectivity index (χ3n) is 5.58.